The van der Waals surface area contributed by atoms with Crippen molar-refractivity contribution in [1.82, 2.24) is 0 Å². The van der Waals surface area contributed by atoms with E-state index < -0.39 is 35.7 Å². The summed E-state index contributed by atoms with van der Waals surface area (Å²) in [6.45, 7) is 10.7. The van der Waals surface area contributed by atoms with Gasteiger partial charge in [0.05, 0.1) is 0 Å². The highest BCUT2D eigenvalue weighted by Gasteiger charge is 2.37. The number of carboxylic acid groups (broad SMARTS) is 1. The lowest BCUT2D eigenvalue weighted by Gasteiger charge is -2.28. The fraction of sp³-hybridized carbons (Fsp3) is 0.615. The van der Waals surface area contributed by atoms with E-state index in [0.29, 0.717) is 18.4 Å². The average molecular weight is 510 g/mol. The number of esters is 2. The Morgan fingerprint density at radius 1 is 0.917 bits per heavy atom. The zero-order chi connectivity index (χ0) is 27.5. The minimum atomic E-state index is -1.81. The zero-order valence-electron chi connectivity index (χ0n) is 22.0. The molecule has 1 rings (SSSR count). The number of carbonyl (C=O) groups excluding carboxylic acids is 3. The first-order valence-electron chi connectivity index (χ1n) is 12.2. The molecule has 0 saturated heterocycles. The van der Waals surface area contributed by atoms with Crippen LogP contribution in [0.2, 0.25) is 0 Å². The fourth-order valence-corrected chi connectivity index (χ4v) is 3.22. The number of aliphatic carboxylic acids is 1. The van der Waals surface area contributed by atoms with Gasteiger partial charge in [0.1, 0.15) is 17.7 Å². The Labute approximate surface area is 212 Å². The normalized spacial score (nSPS) is 14.3. The van der Waals surface area contributed by atoms with Gasteiger partial charge >= 0.3 is 24.1 Å². The Hall–Kier alpha value is -3.14. The minimum absolute atomic E-state index is 0.00121. The quantitative estimate of drug-likeness (QED) is 0.273. The van der Waals surface area contributed by atoms with Crippen LogP contribution in [0.5, 0.6) is 11.5 Å². The Morgan fingerprint density at radius 3 is 1.97 bits per heavy atom. The summed E-state index contributed by atoms with van der Waals surface area (Å²) in [6, 6.07) is 4.40. The zero-order valence-corrected chi connectivity index (χ0v) is 22.0. The molecule has 2 unspecified atom stereocenters. The maximum absolute atomic E-state index is 12.1. The van der Waals surface area contributed by atoms with E-state index in [-0.39, 0.29) is 49.2 Å². The number of hydrogen-bond acceptors (Lipinski definition) is 9. The molecule has 0 aliphatic rings. The molecule has 202 valence electrons. The van der Waals surface area contributed by atoms with Crippen molar-refractivity contribution < 1.29 is 43.2 Å². The Morgan fingerprint density at radius 2 is 1.47 bits per heavy atom. The fourth-order valence-electron chi connectivity index (χ4n) is 3.22. The maximum Gasteiger partial charge on any atom is 0.508 e. The molecular weight excluding hydrogens is 470 g/mol. The monoisotopic (exact) mass is 509 g/mol. The van der Waals surface area contributed by atoms with Crippen molar-refractivity contribution in [2.24, 2.45) is 11.7 Å². The van der Waals surface area contributed by atoms with Gasteiger partial charge in [0.2, 0.25) is 0 Å². The van der Waals surface area contributed by atoms with E-state index in [1.165, 1.54) is 19.1 Å². The predicted octanol–water partition coefficient (Wildman–Crippen LogP) is 4.40. The van der Waals surface area contributed by atoms with Crippen LogP contribution < -0.4 is 15.2 Å². The summed E-state index contributed by atoms with van der Waals surface area (Å²) in [6.07, 6.45) is -1.01. The van der Waals surface area contributed by atoms with Crippen molar-refractivity contribution in [2.45, 2.75) is 97.8 Å². The molecule has 10 heteroatoms. The number of carboxylic acids is 1. The molecule has 3 atom stereocenters. The summed E-state index contributed by atoms with van der Waals surface area (Å²) >= 11 is 0. The number of benzene rings is 1. The molecule has 0 aliphatic heterocycles. The molecule has 1 aromatic carbocycles. The average Bonchev–Trinajstić information content (AvgIpc) is 2.75. The van der Waals surface area contributed by atoms with Crippen molar-refractivity contribution in [1.29, 1.82) is 0 Å². The highest BCUT2D eigenvalue weighted by Crippen LogP contribution is 2.31. The molecule has 0 aliphatic carbocycles. The van der Waals surface area contributed by atoms with Crippen LogP contribution in [-0.4, -0.2) is 46.9 Å². The lowest BCUT2D eigenvalue weighted by molar-refractivity contribution is -0.145. The van der Waals surface area contributed by atoms with Crippen LogP contribution in [-0.2, 0) is 30.3 Å². The van der Waals surface area contributed by atoms with Gasteiger partial charge in [0, 0.05) is 25.7 Å². The molecule has 3 N–H and O–H groups in total. The summed E-state index contributed by atoms with van der Waals surface area (Å²) < 4.78 is 21.1. The molecule has 0 bridgehead atoms. The van der Waals surface area contributed by atoms with Crippen LogP contribution in [0, 0.1) is 5.92 Å². The molecule has 0 radical (unpaired) electrons. The minimum Gasteiger partial charge on any atom is -0.480 e. The van der Waals surface area contributed by atoms with E-state index in [2.05, 4.69) is 0 Å². The molecule has 10 nitrogen and oxygen atoms in total. The lowest BCUT2D eigenvalue weighted by atomic mass is 9.86. The molecular formula is C26H39NO9. The second-order valence-electron chi connectivity index (χ2n) is 9.32. The first-order valence-corrected chi connectivity index (χ1v) is 12.2. The van der Waals surface area contributed by atoms with E-state index in [0.717, 1.165) is 0 Å². The van der Waals surface area contributed by atoms with Crippen LogP contribution in [0.15, 0.2) is 18.2 Å². The number of nitrogens with two attached hydrogens (primary N) is 1. The Kier molecular flexibility index (Phi) is 12.4. The number of carbonyl (C=O) groups is 4. The van der Waals surface area contributed by atoms with Crippen molar-refractivity contribution in [2.75, 3.05) is 0 Å². The van der Waals surface area contributed by atoms with E-state index in [1.807, 2.05) is 27.7 Å². The summed E-state index contributed by atoms with van der Waals surface area (Å²) in [7, 11) is 0. The standard InChI is InChI=1S/C26H39NO9/c1-7-9-22(28)35-20-12-11-19(13-21(20)36-23(29)10-8-2)15-26(27,24(30)31)14-17(5)33-25(32)34-18(6)16(3)4/h11-13,16-18H,7-10,14-15,27H2,1-6H3,(H,30,31)/t17-,18?,26?/m0/s1. The molecule has 1 aromatic rings. The van der Waals surface area contributed by atoms with Gasteiger partial charge in [0.15, 0.2) is 11.5 Å². The molecule has 36 heavy (non-hydrogen) atoms. The van der Waals surface area contributed by atoms with Crippen molar-refractivity contribution >= 4 is 24.1 Å². The van der Waals surface area contributed by atoms with Gasteiger partial charge in [-0.05, 0) is 50.3 Å². The summed E-state index contributed by atoms with van der Waals surface area (Å²) in [5.41, 5.74) is 4.85. The summed E-state index contributed by atoms with van der Waals surface area (Å²) in [4.78, 5) is 48.2. The second-order valence-corrected chi connectivity index (χ2v) is 9.32. The van der Waals surface area contributed by atoms with Gasteiger partial charge in [-0.2, -0.15) is 0 Å². The van der Waals surface area contributed by atoms with Gasteiger partial charge in [-0.1, -0.05) is 33.8 Å². The first kappa shape index (κ1) is 30.9. The second kappa shape index (κ2) is 14.4. The Balaban J connectivity index is 3.09. The topological polar surface area (TPSA) is 151 Å². The summed E-state index contributed by atoms with van der Waals surface area (Å²) in [5, 5.41) is 9.86. The largest absolute Gasteiger partial charge is 0.508 e. The van der Waals surface area contributed by atoms with Crippen molar-refractivity contribution in [3.63, 3.8) is 0 Å². The number of ether oxygens (including phenoxy) is 4. The summed E-state index contributed by atoms with van der Waals surface area (Å²) in [5.74, 6) is -2.16. The van der Waals surface area contributed by atoms with E-state index in [1.54, 1.807) is 13.0 Å². The van der Waals surface area contributed by atoms with E-state index in [9.17, 15) is 24.3 Å². The van der Waals surface area contributed by atoms with Gasteiger partial charge in [-0.15, -0.1) is 0 Å². The molecule has 0 spiro atoms. The molecule has 0 aromatic heterocycles. The smallest absolute Gasteiger partial charge is 0.480 e. The highest BCUT2D eigenvalue weighted by molar-refractivity contribution is 5.79. The van der Waals surface area contributed by atoms with Crippen molar-refractivity contribution in [3.8, 4) is 11.5 Å². The van der Waals surface area contributed by atoms with Crippen LogP contribution in [0.25, 0.3) is 0 Å². The van der Waals surface area contributed by atoms with Crippen LogP contribution in [0.4, 0.5) is 4.79 Å². The maximum atomic E-state index is 12.1. The Bertz CT molecular complexity index is 915. The third-order valence-electron chi connectivity index (χ3n) is 5.48. The van der Waals surface area contributed by atoms with Gasteiger partial charge in [-0.3, -0.25) is 14.4 Å². The highest BCUT2D eigenvalue weighted by atomic mass is 16.7. The molecule has 0 heterocycles. The molecule has 0 saturated carbocycles. The molecule has 0 amide bonds. The third kappa shape index (κ3) is 10.2. The van der Waals surface area contributed by atoms with E-state index >= 15 is 0 Å². The van der Waals surface area contributed by atoms with Gasteiger partial charge < -0.3 is 29.8 Å². The van der Waals surface area contributed by atoms with Crippen LogP contribution in [0.3, 0.4) is 0 Å². The van der Waals surface area contributed by atoms with E-state index in [4.69, 9.17) is 24.7 Å². The van der Waals surface area contributed by atoms with Crippen LogP contribution in [0.1, 0.15) is 79.2 Å². The van der Waals surface area contributed by atoms with Crippen molar-refractivity contribution in [3.05, 3.63) is 23.8 Å². The lowest BCUT2D eigenvalue weighted by Crippen LogP contribution is -2.52. The van der Waals surface area contributed by atoms with Gasteiger partial charge in [0.25, 0.3) is 0 Å². The van der Waals surface area contributed by atoms with Crippen LogP contribution >= 0.6 is 0 Å². The number of hydrogen-bond donors (Lipinski definition) is 2. The van der Waals surface area contributed by atoms with Gasteiger partial charge in [-0.25, -0.2) is 4.79 Å². The SMILES string of the molecule is CCCC(=O)Oc1ccc(CC(N)(C[C@H](C)OC(=O)OC(C)C(C)C)C(=O)O)cc1OC(=O)CCC. The predicted molar refractivity (Wildman–Crippen MR) is 132 cm³/mol. The molecule has 0 fully saturated rings. The first-order chi connectivity index (χ1) is 16.8. The third-order valence-corrected chi connectivity index (χ3v) is 5.48. The number of rotatable bonds is 14.